The van der Waals surface area contributed by atoms with Gasteiger partial charge in [0.1, 0.15) is 10.8 Å². The first-order valence-corrected chi connectivity index (χ1v) is 10.8. The maximum absolute atomic E-state index is 12.3. The predicted molar refractivity (Wildman–Crippen MR) is 122 cm³/mol. The van der Waals surface area contributed by atoms with Gasteiger partial charge in [0.25, 0.3) is 0 Å². The number of imidazole rings is 1. The van der Waals surface area contributed by atoms with E-state index in [4.69, 9.17) is 4.74 Å². The molecule has 0 aliphatic carbocycles. The van der Waals surface area contributed by atoms with Gasteiger partial charge in [0.2, 0.25) is 5.91 Å². The normalized spacial score (nSPS) is 10.6. The highest BCUT2D eigenvalue weighted by Crippen LogP contribution is 2.25. The third-order valence-corrected chi connectivity index (χ3v) is 5.34. The molecule has 0 saturated carbocycles. The Morgan fingerprint density at radius 3 is 2.61 bits per heavy atom. The summed E-state index contributed by atoms with van der Waals surface area (Å²) in [4.78, 5) is 16.4. The molecule has 8 heteroatoms. The summed E-state index contributed by atoms with van der Waals surface area (Å²) in [6, 6.07) is 19.2. The first kappa shape index (κ1) is 20.6. The van der Waals surface area contributed by atoms with Crippen LogP contribution in [0.15, 0.2) is 84.4 Å². The monoisotopic (exact) mass is 431 g/mol. The van der Waals surface area contributed by atoms with E-state index in [0.29, 0.717) is 23.1 Å². The molecular weight excluding hydrogens is 410 g/mol. The fourth-order valence-corrected chi connectivity index (χ4v) is 3.56. The molecule has 0 bridgehead atoms. The number of thioether (sulfide) groups is 1. The lowest BCUT2D eigenvalue weighted by atomic mass is 10.1. The minimum absolute atomic E-state index is 0.127. The zero-order valence-electron chi connectivity index (χ0n) is 16.9. The number of hydrogen-bond donors (Lipinski definition) is 1. The van der Waals surface area contributed by atoms with Crippen molar-refractivity contribution in [3.05, 3.63) is 79.4 Å². The molecule has 2 heterocycles. The Labute approximate surface area is 184 Å². The Kier molecular flexibility index (Phi) is 6.59. The van der Waals surface area contributed by atoms with Crippen molar-refractivity contribution in [3.63, 3.8) is 0 Å². The van der Waals surface area contributed by atoms with Gasteiger partial charge in [-0.2, -0.15) is 0 Å². The summed E-state index contributed by atoms with van der Waals surface area (Å²) in [5.74, 6) is 0.762. The number of carbonyl (C=O) groups is 1. The second-order valence-electron chi connectivity index (χ2n) is 6.54. The van der Waals surface area contributed by atoms with Gasteiger partial charge in [-0.1, -0.05) is 36.0 Å². The molecule has 156 valence electrons. The maximum atomic E-state index is 12.3. The van der Waals surface area contributed by atoms with Crippen LogP contribution in [0.5, 0.6) is 5.75 Å². The summed E-state index contributed by atoms with van der Waals surface area (Å²) in [7, 11) is 0. The van der Waals surface area contributed by atoms with Crippen LogP contribution in [0.1, 0.15) is 6.92 Å². The van der Waals surface area contributed by atoms with Gasteiger partial charge in [0, 0.05) is 23.6 Å². The summed E-state index contributed by atoms with van der Waals surface area (Å²) in [6.07, 6.45) is 5.40. The van der Waals surface area contributed by atoms with Crippen LogP contribution < -0.4 is 10.1 Å². The van der Waals surface area contributed by atoms with Crippen molar-refractivity contribution in [2.24, 2.45) is 0 Å². The molecule has 0 spiro atoms. The van der Waals surface area contributed by atoms with E-state index in [9.17, 15) is 4.79 Å². The van der Waals surface area contributed by atoms with Crippen LogP contribution in [-0.4, -0.2) is 38.0 Å². The number of anilines is 1. The number of aromatic nitrogens is 4. The minimum Gasteiger partial charge on any atom is -0.492 e. The standard InChI is InChI=1S/C23H21N5O2S/c1-2-30-21-6-4-3-5-20(21)25-22(29)15-31-23-12-11-19(26-27-23)17-7-9-18(10-8-17)28-14-13-24-16-28/h3-14,16H,2,15H2,1H3,(H,25,29). The van der Waals surface area contributed by atoms with Crippen molar-refractivity contribution in [1.82, 2.24) is 19.7 Å². The molecule has 0 aliphatic heterocycles. The van der Waals surface area contributed by atoms with Gasteiger partial charge in [-0.05, 0) is 43.3 Å². The van der Waals surface area contributed by atoms with Crippen LogP contribution in [0.4, 0.5) is 5.69 Å². The summed E-state index contributed by atoms with van der Waals surface area (Å²) >= 11 is 1.33. The number of carbonyl (C=O) groups excluding carboxylic acids is 1. The second kappa shape index (κ2) is 9.90. The fraction of sp³-hybridized carbons (Fsp3) is 0.130. The smallest absolute Gasteiger partial charge is 0.234 e. The van der Waals surface area contributed by atoms with Crippen molar-refractivity contribution >= 4 is 23.4 Å². The molecule has 7 nitrogen and oxygen atoms in total. The van der Waals surface area contributed by atoms with E-state index in [1.54, 1.807) is 12.5 Å². The lowest BCUT2D eigenvalue weighted by Gasteiger charge is -2.11. The molecule has 4 aromatic rings. The number of nitrogens with zero attached hydrogens (tertiary/aromatic N) is 4. The molecule has 31 heavy (non-hydrogen) atoms. The highest BCUT2D eigenvalue weighted by molar-refractivity contribution is 7.99. The van der Waals surface area contributed by atoms with Crippen LogP contribution in [0, 0.1) is 0 Å². The molecule has 1 amide bonds. The Bertz CT molecular complexity index is 1130. The number of ether oxygens (including phenoxy) is 1. The molecule has 1 N–H and O–H groups in total. The van der Waals surface area contributed by atoms with E-state index < -0.39 is 0 Å². The van der Waals surface area contributed by atoms with Crippen LogP contribution in [-0.2, 0) is 4.79 Å². The van der Waals surface area contributed by atoms with Crippen LogP contribution >= 0.6 is 11.8 Å². The maximum Gasteiger partial charge on any atom is 0.234 e. The zero-order chi connectivity index (χ0) is 21.5. The molecule has 2 aromatic heterocycles. The van der Waals surface area contributed by atoms with E-state index in [1.165, 1.54) is 11.8 Å². The third-order valence-electron chi connectivity index (χ3n) is 4.42. The van der Waals surface area contributed by atoms with Crippen molar-refractivity contribution in [2.45, 2.75) is 11.9 Å². The Morgan fingerprint density at radius 2 is 1.90 bits per heavy atom. The summed E-state index contributed by atoms with van der Waals surface area (Å²) in [5.41, 5.74) is 3.43. The number of nitrogens with one attached hydrogen (secondary N) is 1. The second-order valence-corrected chi connectivity index (χ2v) is 7.54. The Balaban J connectivity index is 1.34. The van der Waals surface area contributed by atoms with Gasteiger partial charge >= 0.3 is 0 Å². The van der Waals surface area contributed by atoms with Gasteiger partial charge in [-0.15, -0.1) is 10.2 Å². The minimum atomic E-state index is -0.127. The average molecular weight is 432 g/mol. The van der Waals surface area contributed by atoms with Crippen LogP contribution in [0.2, 0.25) is 0 Å². The zero-order valence-corrected chi connectivity index (χ0v) is 17.7. The quantitative estimate of drug-likeness (QED) is 0.415. The van der Waals surface area contributed by atoms with Gasteiger partial charge in [0.05, 0.1) is 30.1 Å². The van der Waals surface area contributed by atoms with E-state index in [-0.39, 0.29) is 11.7 Å². The molecule has 0 aliphatic rings. The van der Waals surface area contributed by atoms with Crippen LogP contribution in [0.25, 0.3) is 16.9 Å². The van der Waals surface area contributed by atoms with Crippen molar-refractivity contribution < 1.29 is 9.53 Å². The van der Waals surface area contributed by atoms with E-state index >= 15 is 0 Å². The topological polar surface area (TPSA) is 81.9 Å². The van der Waals surface area contributed by atoms with Gasteiger partial charge < -0.3 is 14.6 Å². The third kappa shape index (κ3) is 5.29. The van der Waals surface area contributed by atoms with Crippen LogP contribution in [0.3, 0.4) is 0 Å². The fourth-order valence-electron chi connectivity index (χ4n) is 2.94. The lowest BCUT2D eigenvalue weighted by Crippen LogP contribution is -2.15. The van der Waals surface area contributed by atoms with Gasteiger partial charge in [0.15, 0.2) is 0 Å². The van der Waals surface area contributed by atoms with Crippen molar-refractivity contribution in [3.8, 4) is 22.7 Å². The Morgan fingerprint density at radius 1 is 1.06 bits per heavy atom. The van der Waals surface area contributed by atoms with Gasteiger partial charge in [-0.25, -0.2) is 4.98 Å². The number of para-hydroxylation sites is 2. The first-order valence-electron chi connectivity index (χ1n) is 9.80. The molecule has 0 atom stereocenters. The molecule has 0 fully saturated rings. The molecule has 0 saturated heterocycles. The van der Waals surface area contributed by atoms with Crippen molar-refractivity contribution in [2.75, 3.05) is 17.7 Å². The largest absolute Gasteiger partial charge is 0.492 e. The summed E-state index contributed by atoms with van der Waals surface area (Å²) in [6.45, 7) is 2.45. The number of amides is 1. The highest BCUT2D eigenvalue weighted by atomic mass is 32.2. The molecular formula is C23H21N5O2S. The van der Waals surface area contributed by atoms with E-state index in [1.807, 2.05) is 78.4 Å². The molecule has 2 aromatic carbocycles. The number of rotatable bonds is 8. The molecule has 4 rings (SSSR count). The van der Waals surface area contributed by atoms with E-state index in [2.05, 4.69) is 20.5 Å². The molecule has 0 radical (unpaired) electrons. The van der Waals surface area contributed by atoms with E-state index in [0.717, 1.165) is 16.9 Å². The number of hydrogen-bond acceptors (Lipinski definition) is 6. The highest BCUT2D eigenvalue weighted by Gasteiger charge is 2.09. The number of benzene rings is 2. The van der Waals surface area contributed by atoms with Crippen molar-refractivity contribution in [1.29, 1.82) is 0 Å². The molecule has 0 unspecified atom stereocenters. The SMILES string of the molecule is CCOc1ccccc1NC(=O)CSc1ccc(-c2ccc(-n3ccnc3)cc2)nn1. The Hall–Kier alpha value is -3.65. The summed E-state index contributed by atoms with van der Waals surface area (Å²) < 4.78 is 7.47. The first-order chi connectivity index (χ1) is 15.2. The van der Waals surface area contributed by atoms with Gasteiger partial charge in [-0.3, -0.25) is 4.79 Å². The predicted octanol–water partition coefficient (Wildman–Crippen LogP) is 4.46. The lowest BCUT2D eigenvalue weighted by molar-refractivity contribution is -0.113. The summed E-state index contributed by atoms with van der Waals surface area (Å²) in [5, 5.41) is 12.1. The average Bonchev–Trinajstić information content (AvgIpc) is 3.35.